The van der Waals surface area contributed by atoms with E-state index in [0.717, 1.165) is 18.8 Å². The summed E-state index contributed by atoms with van der Waals surface area (Å²) in [6, 6.07) is 5.53. The smallest absolute Gasteiger partial charge is 0.221 e. The van der Waals surface area contributed by atoms with E-state index in [9.17, 15) is 4.79 Å². The van der Waals surface area contributed by atoms with Crippen molar-refractivity contribution in [2.75, 3.05) is 25.0 Å². The summed E-state index contributed by atoms with van der Waals surface area (Å²) >= 11 is 0. The molecule has 0 aliphatic rings. The van der Waals surface area contributed by atoms with Gasteiger partial charge in [0.25, 0.3) is 0 Å². The van der Waals surface area contributed by atoms with Crippen molar-refractivity contribution in [2.45, 2.75) is 26.7 Å². The Kier molecular flexibility index (Phi) is 6.61. The lowest BCUT2D eigenvalue weighted by Gasteiger charge is -2.07. The third kappa shape index (κ3) is 5.52. The molecule has 1 aromatic heterocycles. The molecule has 0 radical (unpaired) electrons. The van der Waals surface area contributed by atoms with Crippen molar-refractivity contribution in [3.63, 3.8) is 0 Å². The van der Waals surface area contributed by atoms with Crippen LogP contribution in [-0.2, 0) is 4.79 Å². The Morgan fingerprint density at radius 1 is 1.33 bits per heavy atom. The number of ether oxygens (including phenoxy) is 1. The SMILES string of the molecule is CCCNC(=O)CCNc1cccc(OCC)n1. The average molecular weight is 251 g/mol. The van der Waals surface area contributed by atoms with E-state index in [0.29, 0.717) is 25.5 Å². The monoisotopic (exact) mass is 251 g/mol. The van der Waals surface area contributed by atoms with Crippen LogP contribution in [0.2, 0.25) is 0 Å². The lowest BCUT2D eigenvalue weighted by Crippen LogP contribution is -2.25. The topological polar surface area (TPSA) is 63.2 Å². The lowest BCUT2D eigenvalue weighted by atomic mass is 10.3. The van der Waals surface area contributed by atoms with Gasteiger partial charge in [0.1, 0.15) is 5.82 Å². The summed E-state index contributed by atoms with van der Waals surface area (Å²) in [6.07, 6.45) is 1.40. The Bertz CT molecular complexity index is 369. The van der Waals surface area contributed by atoms with Crippen molar-refractivity contribution < 1.29 is 9.53 Å². The highest BCUT2D eigenvalue weighted by molar-refractivity contribution is 5.76. The van der Waals surface area contributed by atoms with Crippen molar-refractivity contribution in [3.05, 3.63) is 18.2 Å². The summed E-state index contributed by atoms with van der Waals surface area (Å²) in [5.41, 5.74) is 0. The molecule has 0 aromatic carbocycles. The van der Waals surface area contributed by atoms with Crippen LogP contribution >= 0.6 is 0 Å². The third-order valence-electron chi connectivity index (χ3n) is 2.25. The number of aromatic nitrogens is 1. The highest BCUT2D eigenvalue weighted by Gasteiger charge is 2.01. The molecule has 1 aromatic rings. The molecule has 100 valence electrons. The van der Waals surface area contributed by atoms with Gasteiger partial charge in [-0.2, -0.15) is 4.98 Å². The van der Waals surface area contributed by atoms with E-state index in [2.05, 4.69) is 15.6 Å². The first kappa shape index (κ1) is 14.3. The molecule has 2 N–H and O–H groups in total. The van der Waals surface area contributed by atoms with Crippen LogP contribution in [-0.4, -0.2) is 30.6 Å². The van der Waals surface area contributed by atoms with Gasteiger partial charge in [-0.25, -0.2) is 0 Å². The van der Waals surface area contributed by atoms with E-state index in [4.69, 9.17) is 4.74 Å². The van der Waals surface area contributed by atoms with Gasteiger partial charge in [-0.3, -0.25) is 4.79 Å². The molecule has 0 aliphatic heterocycles. The van der Waals surface area contributed by atoms with E-state index < -0.39 is 0 Å². The Hall–Kier alpha value is -1.78. The quantitative estimate of drug-likeness (QED) is 0.739. The minimum Gasteiger partial charge on any atom is -0.478 e. The molecule has 0 atom stereocenters. The van der Waals surface area contributed by atoms with Crippen molar-refractivity contribution in [1.29, 1.82) is 0 Å². The molecule has 18 heavy (non-hydrogen) atoms. The minimum absolute atomic E-state index is 0.0605. The zero-order valence-corrected chi connectivity index (χ0v) is 11.0. The van der Waals surface area contributed by atoms with Crippen molar-refractivity contribution in [3.8, 4) is 5.88 Å². The van der Waals surface area contributed by atoms with Crippen molar-refractivity contribution >= 4 is 11.7 Å². The number of carbonyl (C=O) groups is 1. The molecule has 1 heterocycles. The van der Waals surface area contributed by atoms with Crippen molar-refractivity contribution in [2.24, 2.45) is 0 Å². The molecule has 1 amide bonds. The fraction of sp³-hybridized carbons (Fsp3) is 0.538. The number of amides is 1. The Morgan fingerprint density at radius 3 is 2.89 bits per heavy atom. The average Bonchev–Trinajstić information content (AvgIpc) is 2.37. The van der Waals surface area contributed by atoms with Gasteiger partial charge in [-0.1, -0.05) is 13.0 Å². The second-order valence-corrected chi connectivity index (χ2v) is 3.82. The predicted molar refractivity (Wildman–Crippen MR) is 71.8 cm³/mol. The molecule has 0 aliphatic carbocycles. The number of hydrogen-bond acceptors (Lipinski definition) is 4. The van der Waals surface area contributed by atoms with Gasteiger partial charge >= 0.3 is 0 Å². The first-order valence-corrected chi connectivity index (χ1v) is 6.36. The highest BCUT2D eigenvalue weighted by Crippen LogP contribution is 2.10. The fourth-order valence-electron chi connectivity index (χ4n) is 1.40. The van der Waals surface area contributed by atoms with Gasteiger partial charge < -0.3 is 15.4 Å². The maximum atomic E-state index is 11.4. The number of hydrogen-bond donors (Lipinski definition) is 2. The van der Waals surface area contributed by atoms with Crippen LogP contribution in [0.1, 0.15) is 26.7 Å². The normalized spacial score (nSPS) is 9.89. The zero-order chi connectivity index (χ0) is 13.2. The maximum absolute atomic E-state index is 11.4. The lowest BCUT2D eigenvalue weighted by molar-refractivity contribution is -0.120. The van der Waals surface area contributed by atoms with Crippen LogP contribution in [0.15, 0.2) is 18.2 Å². The standard InChI is InChI=1S/C13H21N3O2/c1-3-9-15-12(17)8-10-14-11-6-5-7-13(16-11)18-4-2/h5-7H,3-4,8-10H2,1-2H3,(H,14,16)(H,15,17). The molecule has 0 unspecified atom stereocenters. The molecule has 0 saturated carbocycles. The molecular formula is C13H21N3O2. The maximum Gasteiger partial charge on any atom is 0.221 e. The number of nitrogens with one attached hydrogen (secondary N) is 2. The van der Waals surface area contributed by atoms with Crippen LogP contribution in [0.25, 0.3) is 0 Å². The second-order valence-electron chi connectivity index (χ2n) is 3.82. The summed E-state index contributed by atoms with van der Waals surface area (Å²) in [5.74, 6) is 1.38. The summed E-state index contributed by atoms with van der Waals surface area (Å²) in [4.78, 5) is 15.6. The zero-order valence-electron chi connectivity index (χ0n) is 11.0. The molecule has 0 bridgehead atoms. The first-order chi connectivity index (χ1) is 8.76. The number of nitrogens with zero attached hydrogens (tertiary/aromatic N) is 1. The van der Waals surface area contributed by atoms with E-state index in [1.165, 1.54) is 0 Å². The van der Waals surface area contributed by atoms with Gasteiger partial charge in [-0.15, -0.1) is 0 Å². The van der Waals surface area contributed by atoms with E-state index in [-0.39, 0.29) is 5.91 Å². The largest absolute Gasteiger partial charge is 0.478 e. The van der Waals surface area contributed by atoms with Gasteiger partial charge in [0.15, 0.2) is 0 Å². The van der Waals surface area contributed by atoms with Gasteiger partial charge in [0.2, 0.25) is 11.8 Å². The van der Waals surface area contributed by atoms with Crippen LogP contribution in [0.4, 0.5) is 5.82 Å². The Labute approximate surface area is 108 Å². The van der Waals surface area contributed by atoms with E-state index >= 15 is 0 Å². The number of carbonyl (C=O) groups excluding carboxylic acids is 1. The molecule has 5 nitrogen and oxygen atoms in total. The third-order valence-corrected chi connectivity index (χ3v) is 2.25. The summed E-state index contributed by atoms with van der Waals surface area (Å²) in [6.45, 7) is 5.84. The van der Waals surface area contributed by atoms with Crippen molar-refractivity contribution in [1.82, 2.24) is 10.3 Å². The summed E-state index contributed by atoms with van der Waals surface area (Å²) < 4.78 is 5.30. The van der Waals surface area contributed by atoms with Gasteiger partial charge in [-0.05, 0) is 19.4 Å². The van der Waals surface area contributed by atoms with Crippen LogP contribution < -0.4 is 15.4 Å². The second kappa shape index (κ2) is 8.33. The Balaban J connectivity index is 2.30. The van der Waals surface area contributed by atoms with Gasteiger partial charge in [0.05, 0.1) is 6.61 Å². The number of anilines is 1. The Morgan fingerprint density at radius 2 is 2.17 bits per heavy atom. The summed E-state index contributed by atoms with van der Waals surface area (Å²) in [5, 5.41) is 5.93. The van der Waals surface area contributed by atoms with E-state index in [1.807, 2.05) is 32.0 Å². The first-order valence-electron chi connectivity index (χ1n) is 6.36. The molecule has 0 saturated heterocycles. The minimum atomic E-state index is 0.0605. The van der Waals surface area contributed by atoms with Gasteiger partial charge in [0, 0.05) is 25.6 Å². The number of rotatable bonds is 8. The molecular weight excluding hydrogens is 230 g/mol. The molecule has 1 rings (SSSR count). The highest BCUT2D eigenvalue weighted by atomic mass is 16.5. The van der Waals surface area contributed by atoms with Crippen LogP contribution in [0.5, 0.6) is 5.88 Å². The predicted octanol–water partition coefficient (Wildman–Crippen LogP) is 1.81. The van der Waals surface area contributed by atoms with E-state index in [1.54, 1.807) is 0 Å². The fourth-order valence-corrected chi connectivity index (χ4v) is 1.40. The summed E-state index contributed by atoms with van der Waals surface area (Å²) in [7, 11) is 0. The molecule has 0 spiro atoms. The van der Waals surface area contributed by atoms with Crippen LogP contribution in [0.3, 0.4) is 0 Å². The van der Waals surface area contributed by atoms with Crippen LogP contribution in [0, 0.1) is 0 Å². The number of pyridine rings is 1. The molecule has 0 fully saturated rings. The molecule has 5 heteroatoms.